The molecule has 0 radical (unpaired) electrons. The molecule has 2 aromatic carbocycles. The molecule has 0 bridgehead atoms. The molecule has 3 aromatic rings. The van der Waals surface area contributed by atoms with E-state index in [0.29, 0.717) is 34.8 Å². The molecule has 208 valence electrons. The number of esters is 1. The molecule has 6 nitrogen and oxygen atoms in total. The van der Waals surface area contributed by atoms with Crippen molar-refractivity contribution in [1.82, 2.24) is 9.88 Å². The summed E-state index contributed by atoms with van der Waals surface area (Å²) in [6.45, 7) is 2.94. The molecule has 1 fully saturated rings. The number of unbranched alkanes of at least 4 members (excludes halogenated alkanes) is 2. The predicted molar refractivity (Wildman–Crippen MR) is 146 cm³/mol. The lowest BCUT2D eigenvalue weighted by Gasteiger charge is -2.31. The first-order chi connectivity index (χ1) is 18.7. The molecule has 0 spiro atoms. The van der Waals surface area contributed by atoms with Gasteiger partial charge in [0.1, 0.15) is 5.69 Å². The number of anilines is 1. The van der Waals surface area contributed by atoms with E-state index in [9.17, 15) is 22.8 Å². The van der Waals surface area contributed by atoms with Gasteiger partial charge in [-0.1, -0.05) is 36.8 Å². The van der Waals surface area contributed by atoms with E-state index in [2.05, 4.69) is 19.9 Å². The highest BCUT2D eigenvalue weighted by Gasteiger charge is 2.30. The molecule has 1 saturated heterocycles. The van der Waals surface area contributed by atoms with Crippen molar-refractivity contribution in [3.05, 3.63) is 70.2 Å². The number of rotatable bonds is 10. The van der Waals surface area contributed by atoms with Crippen LogP contribution in [0.3, 0.4) is 0 Å². The minimum Gasteiger partial charge on any atom is -0.469 e. The van der Waals surface area contributed by atoms with Crippen molar-refractivity contribution in [3.63, 3.8) is 0 Å². The van der Waals surface area contributed by atoms with Crippen molar-refractivity contribution in [2.45, 2.75) is 50.6 Å². The number of carbonyl (C=O) groups excluding carboxylic acids is 2. The van der Waals surface area contributed by atoms with E-state index >= 15 is 0 Å². The number of para-hydroxylation sites is 1. The first kappa shape index (κ1) is 28.8. The minimum absolute atomic E-state index is 0.160. The van der Waals surface area contributed by atoms with E-state index in [1.807, 2.05) is 0 Å². The number of benzene rings is 2. The van der Waals surface area contributed by atoms with Gasteiger partial charge in [-0.3, -0.25) is 9.59 Å². The molecule has 0 atom stereocenters. The Hall–Kier alpha value is -3.24. The van der Waals surface area contributed by atoms with Gasteiger partial charge in [0.25, 0.3) is 5.91 Å². The van der Waals surface area contributed by atoms with E-state index < -0.39 is 11.7 Å². The Labute approximate surface area is 230 Å². The number of thiazole rings is 1. The third-order valence-electron chi connectivity index (χ3n) is 6.95. The van der Waals surface area contributed by atoms with Crippen molar-refractivity contribution in [3.8, 4) is 11.1 Å². The Balaban J connectivity index is 1.32. The minimum atomic E-state index is -4.45. The largest absolute Gasteiger partial charge is 0.469 e. The summed E-state index contributed by atoms with van der Waals surface area (Å²) in [6.07, 6.45) is 0.840. The molecule has 1 amide bonds. The molecular formula is C29H32F3N3O3S. The zero-order chi connectivity index (χ0) is 27.8. The highest BCUT2D eigenvalue weighted by Crippen LogP contribution is 2.35. The maximum atomic E-state index is 13.2. The van der Waals surface area contributed by atoms with Crippen LogP contribution in [-0.2, 0) is 15.7 Å². The Morgan fingerprint density at radius 2 is 1.85 bits per heavy atom. The maximum absolute atomic E-state index is 13.2. The summed E-state index contributed by atoms with van der Waals surface area (Å²) in [5.74, 6) is -0.252. The fraction of sp³-hybridized carbons (Fsp3) is 0.414. The van der Waals surface area contributed by atoms with Gasteiger partial charge in [-0.2, -0.15) is 13.2 Å². The number of halogens is 3. The number of nitrogens with one attached hydrogen (secondary N) is 1. The zero-order valence-corrected chi connectivity index (χ0v) is 22.6. The summed E-state index contributed by atoms with van der Waals surface area (Å²) >= 11 is 1.47. The second-order valence-electron chi connectivity index (χ2n) is 9.65. The fourth-order valence-corrected chi connectivity index (χ4v) is 5.73. The number of likely N-dealkylation sites (tertiary alicyclic amines) is 1. The monoisotopic (exact) mass is 559 g/mol. The van der Waals surface area contributed by atoms with Crippen LogP contribution in [-0.4, -0.2) is 48.5 Å². The van der Waals surface area contributed by atoms with Gasteiger partial charge in [0.15, 0.2) is 0 Å². The Morgan fingerprint density at radius 3 is 2.59 bits per heavy atom. The summed E-state index contributed by atoms with van der Waals surface area (Å²) in [6, 6.07) is 11.9. The zero-order valence-electron chi connectivity index (χ0n) is 21.8. The summed E-state index contributed by atoms with van der Waals surface area (Å²) < 4.78 is 44.3. The number of carbonyl (C=O) groups is 2. The van der Waals surface area contributed by atoms with Gasteiger partial charge in [-0.25, -0.2) is 4.98 Å². The highest BCUT2D eigenvalue weighted by molar-refractivity contribution is 7.10. The Kier molecular flexibility index (Phi) is 9.74. The lowest BCUT2D eigenvalue weighted by atomic mass is 9.97. The number of hydrogen-bond acceptors (Lipinski definition) is 6. The van der Waals surface area contributed by atoms with Gasteiger partial charge in [-0.05, 0) is 69.1 Å². The molecule has 10 heteroatoms. The number of amides is 1. The maximum Gasteiger partial charge on any atom is 0.416 e. The number of ether oxygens (including phenoxy) is 1. The first-order valence-electron chi connectivity index (χ1n) is 13.1. The van der Waals surface area contributed by atoms with Crippen LogP contribution in [0.5, 0.6) is 0 Å². The molecule has 0 unspecified atom stereocenters. The van der Waals surface area contributed by atoms with Crippen LogP contribution < -0.4 is 5.32 Å². The Morgan fingerprint density at radius 1 is 1.08 bits per heavy atom. The fourth-order valence-electron chi connectivity index (χ4n) is 4.76. The van der Waals surface area contributed by atoms with Crippen molar-refractivity contribution >= 4 is 28.9 Å². The van der Waals surface area contributed by atoms with E-state index in [0.717, 1.165) is 68.9 Å². The quantitative estimate of drug-likeness (QED) is 0.214. The van der Waals surface area contributed by atoms with Crippen LogP contribution in [0.4, 0.5) is 18.9 Å². The molecule has 0 aliphatic carbocycles. The summed E-state index contributed by atoms with van der Waals surface area (Å²) in [5.41, 5.74) is 0.869. The number of aromatic nitrogens is 1. The summed E-state index contributed by atoms with van der Waals surface area (Å²) in [5, 5.41) is 5.51. The second kappa shape index (κ2) is 13.2. The van der Waals surface area contributed by atoms with Gasteiger partial charge in [0.05, 0.1) is 17.7 Å². The van der Waals surface area contributed by atoms with Crippen molar-refractivity contribution in [1.29, 1.82) is 0 Å². The van der Waals surface area contributed by atoms with Crippen LogP contribution in [0.25, 0.3) is 11.1 Å². The van der Waals surface area contributed by atoms with Crippen LogP contribution >= 0.6 is 11.3 Å². The van der Waals surface area contributed by atoms with E-state index in [-0.39, 0.29) is 11.9 Å². The average molecular weight is 560 g/mol. The molecule has 2 heterocycles. The lowest BCUT2D eigenvalue weighted by molar-refractivity contribution is -0.140. The average Bonchev–Trinajstić information content (AvgIpc) is 3.44. The van der Waals surface area contributed by atoms with Gasteiger partial charge >= 0.3 is 12.1 Å². The topological polar surface area (TPSA) is 71.5 Å². The summed E-state index contributed by atoms with van der Waals surface area (Å²) in [4.78, 5) is 31.3. The third-order valence-corrected chi connectivity index (χ3v) is 7.96. The number of nitrogens with zero attached hydrogens (tertiary/aromatic N) is 2. The molecule has 1 aliphatic heterocycles. The number of alkyl halides is 3. The van der Waals surface area contributed by atoms with Crippen molar-refractivity contribution in [2.75, 3.05) is 32.1 Å². The standard InChI is InChI=1S/C29H32F3N3O3S/c1-38-26(36)12-3-2-6-15-35-16-13-20(14-17-35)28-34-25(19-39-28)27(37)33-24-11-5-4-10-23(24)21-8-7-9-22(18-21)29(30,31)32/h4-5,7-11,18-20H,2-3,6,12-17H2,1H3,(H,33,37). The molecule has 0 saturated carbocycles. The third kappa shape index (κ3) is 7.89. The number of hydrogen-bond donors (Lipinski definition) is 1. The first-order valence-corrected chi connectivity index (χ1v) is 13.9. The predicted octanol–water partition coefficient (Wildman–Crippen LogP) is 6.99. The second-order valence-corrected chi connectivity index (χ2v) is 10.5. The lowest BCUT2D eigenvalue weighted by Crippen LogP contribution is -2.33. The van der Waals surface area contributed by atoms with E-state index in [1.54, 1.807) is 35.7 Å². The van der Waals surface area contributed by atoms with Gasteiger partial charge in [0.2, 0.25) is 0 Å². The molecule has 1 N–H and O–H groups in total. The van der Waals surface area contributed by atoms with Gasteiger partial charge < -0.3 is 15.0 Å². The van der Waals surface area contributed by atoms with Gasteiger partial charge in [0, 0.05) is 29.0 Å². The van der Waals surface area contributed by atoms with Crippen molar-refractivity contribution in [2.24, 2.45) is 0 Å². The van der Waals surface area contributed by atoms with Crippen molar-refractivity contribution < 1.29 is 27.5 Å². The number of methoxy groups -OCH3 is 1. The Bertz CT molecular complexity index is 1270. The van der Waals surface area contributed by atoms with Crippen LogP contribution in [0, 0.1) is 0 Å². The van der Waals surface area contributed by atoms with E-state index in [4.69, 9.17) is 0 Å². The summed E-state index contributed by atoms with van der Waals surface area (Å²) in [7, 11) is 1.41. The van der Waals surface area contributed by atoms with Gasteiger partial charge in [-0.15, -0.1) is 11.3 Å². The smallest absolute Gasteiger partial charge is 0.416 e. The van der Waals surface area contributed by atoms with Crippen LogP contribution in [0.1, 0.15) is 65.5 Å². The SMILES string of the molecule is COC(=O)CCCCCN1CCC(c2nc(C(=O)Nc3ccccc3-c3cccc(C(F)(F)F)c3)cs2)CC1. The number of piperidine rings is 1. The molecular weight excluding hydrogens is 527 g/mol. The normalized spacial score (nSPS) is 14.8. The van der Waals surface area contributed by atoms with Crippen LogP contribution in [0.15, 0.2) is 53.9 Å². The molecule has 4 rings (SSSR count). The molecule has 1 aromatic heterocycles. The molecule has 39 heavy (non-hydrogen) atoms. The highest BCUT2D eigenvalue weighted by atomic mass is 32.1. The molecule has 1 aliphatic rings. The van der Waals surface area contributed by atoms with Crippen LogP contribution in [0.2, 0.25) is 0 Å². The van der Waals surface area contributed by atoms with E-state index in [1.165, 1.54) is 24.5 Å².